The minimum Gasteiger partial charge on any atom is -0.619 e. The lowest BCUT2D eigenvalue weighted by molar-refractivity contribution is -0.605. The number of aliphatic carboxylic acids is 1. The first-order chi connectivity index (χ1) is 17.7. The van der Waals surface area contributed by atoms with E-state index < -0.39 is 35.3 Å². The number of carbonyl (C=O) groups excluding carboxylic acids is 2. The Labute approximate surface area is 223 Å². The van der Waals surface area contributed by atoms with Crippen molar-refractivity contribution in [1.82, 2.24) is 15.2 Å². The maximum atomic E-state index is 13.0. The SMILES string of the molecule is CC(O)CO/N=C(\C(=O)N[C@@H]1C(=O)N2C(C(=O)O)=C(CSc3cc[n+]([O-])cc3)CS[C@H]12)c1csc(N)n1. The summed E-state index contributed by atoms with van der Waals surface area (Å²) in [5, 5.41) is 37.9. The van der Waals surface area contributed by atoms with E-state index in [-0.39, 0.29) is 28.8 Å². The number of nitrogens with zero attached hydrogens (tertiary/aromatic N) is 4. The number of nitrogens with one attached hydrogen (secondary N) is 1. The number of aromatic nitrogens is 2. The number of rotatable bonds is 10. The summed E-state index contributed by atoms with van der Waals surface area (Å²) in [6.45, 7) is 1.32. The van der Waals surface area contributed by atoms with Crippen LogP contribution in [0.15, 0.2) is 51.2 Å². The second-order valence-electron chi connectivity index (χ2n) is 7.96. The van der Waals surface area contributed by atoms with Crippen molar-refractivity contribution in [2.75, 3.05) is 23.8 Å². The molecular weight excluding hydrogens is 544 g/mol. The zero-order valence-corrected chi connectivity index (χ0v) is 21.7. The summed E-state index contributed by atoms with van der Waals surface area (Å²) in [5.74, 6) is -1.91. The van der Waals surface area contributed by atoms with Gasteiger partial charge in [0, 0.05) is 33.9 Å². The topological polar surface area (TPSA) is 194 Å². The number of β-lactam (4-membered cyclic amide) rings is 1. The quantitative estimate of drug-likeness (QED) is 0.0754. The van der Waals surface area contributed by atoms with Gasteiger partial charge in [-0.25, -0.2) is 9.78 Å². The van der Waals surface area contributed by atoms with E-state index in [0.717, 1.165) is 16.2 Å². The van der Waals surface area contributed by atoms with Crippen molar-refractivity contribution in [3.05, 3.63) is 52.1 Å². The predicted octanol–water partition coefficient (Wildman–Crippen LogP) is -0.00890. The van der Waals surface area contributed by atoms with E-state index in [1.54, 1.807) is 12.1 Å². The molecule has 16 heteroatoms. The lowest BCUT2D eigenvalue weighted by atomic mass is 10.0. The molecule has 1 unspecified atom stereocenters. The number of anilines is 1. The van der Waals surface area contributed by atoms with Crippen LogP contribution in [0.4, 0.5) is 5.13 Å². The number of carboxylic acid groups (broad SMARTS) is 1. The van der Waals surface area contributed by atoms with Crippen LogP contribution in [0.25, 0.3) is 0 Å². The van der Waals surface area contributed by atoms with E-state index >= 15 is 0 Å². The van der Waals surface area contributed by atoms with E-state index in [1.807, 2.05) is 0 Å². The van der Waals surface area contributed by atoms with Gasteiger partial charge >= 0.3 is 5.97 Å². The highest BCUT2D eigenvalue weighted by Crippen LogP contribution is 2.41. The number of carboxylic acids is 1. The molecule has 4 rings (SSSR count). The van der Waals surface area contributed by atoms with Gasteiger partial charge in [0.15, 0.2) is 23.2 Å². The standard InChI is InChI=1S/C21H22N6O7S3/c1-10(28)6-34-25-14(13-9-37-21(22)23-13)17(29)24-15-18(30)27-16(20(31)32)11(8-36-19(15)27)7-35-12-2-4-26(33)5-3-12/h2-5,9-10,15,19,28H,6-8H2,1H3,(H2,22,23)(H,24,29)(H,31,32)/b25-14-/t10?,15-,19-/m1/s1. The lowest BCUT2D eigenvalue weighted by Gasteiger charge is -2.49. The summed E-state index contributed by atoms with van der Waals surface area (Å²) in [6.07, 6.45) is 1.87. The van der Waals surface area contributed by atoms with Gasteiger partial charge in [-0.2, -0.15) is 4.73 Å². The van der Waals surface area contributed by atoms with Crippen LogP contribution in [0.1, 0.15) is 12.6 Å². The zero-order valence-electron chi connectivity index (χ0n) is 19.3. The van der Waals surface area contributed by atoms with Crippen LogP contribution in [-0.4, -0.2) is 79.2 Å². The fourth-order valence-electron chi connectivity index (χ4n) is 3.48. The van der Waals surface area contributed by atoms with Crippen LogP contribution in [0.3, 0.4) is 0 Å². The van der Waals surface area contributed by atoms with Gasteiger partial charge < -0.3 is 31.3 Å². The van der Waals surface area contributed by atoms with Gasteiger partial charge in [-0.15, -0.1) is 34.9 Å². The maximum absolute atomic E-state index is 13.0. The number of pyridine rings is 1. The third kappa shape index (κ3) is 5.98. The summed E-state index contributed by atoms with van der Waals surface area (Å²) in [5.41, 5.74) is 6.02. The Hall–Kier alpha value is -3.34. The maximum Gasteiger partial charge on any atom is 0.352 e. The molecule has 2 aliphatic rings. The summed E-state index contributed by atoms with van der Waals surface area (Å²) in [6, 6.07) is 2.26. The minimum absolute atomic E-state index is 0.108. The van der Waals surface area contributed by atoms with Gasteiger partial charge in [0.05, 0.1) is 6.10 Å². The number of nitrogens with two attached hydrogens (primary N) is 1. The van der Waals surface area contributed by atoms with Crippen molar-refractivity contribution >= 4 is 63.5 Å². The van der Waals surface area contributed by atoms with Crippen LogP contribution >= 0.6 is 34.9 Å². The molecule has 0 aliphatic carbocycles. The number of amides is 2. The van der Waals surface area contributed by atoms with E-state index in [2.05, 4.69) is 15.5 Å². The van der Waals surface area contributed by atoms with Crippen LogP contribution in [0.2, 0.25) is 0 Å². The molecule has 2 amide bonds. The third-order valence-corrected chi connectivity index (χ3v) is 8.28. The van der Waals surface area contributed by atoms with Crippen molar-refractivity contribution in [3.8, 4) is 0 Å². The molecule has 0 bridgehead atoms. The number of hydrogen-bond acceptors (Lipinski definition) is 12. The summed E-state index contributed by atoms with van der Waals surface area (Å²) in [7, 11) is 0. The molecule has 0 spiro atoms. The molecule has 5 N–H and O–H groups in total. The van der Waals surface area contributed by atoms with Crippen LogP contribution in [0.5, 0.6) is 0 Å². The fraction of sp³-hybridized carbons (Fsp3) is 0.333. The molecule has 3 atom stereocenters. The first-order valence-corrected chi connectivity index (χ1v) is 13.7. The van der Waals surface area contributed by atoms with Crippen molar-refractivity contribution in [1.29, 1.82) is 0 Å². The van der Waals surface area contributed by atoms with Gasteiger partial charge in [0.2, 0.25) is 0 Å². The largest absolute Gasteiger partial charge is 0.619 e. The first kappa shape index (κ1) is 26.7. The summed E-state index contributed by atoms with van der Waals surface area (Å²) in [4.78, 5) is 49.1. The number of nitrogen functional groups attached to an aromatic ring is 1. The zero-order chi connectivity index (χ0) is 26.7. The molecular formula is C21H22N6O7S3. The van der Waals surface area contributed by atoms with Gasteiger partial charge in [-0.1, -0.05) is 5.16 Å². The molecule has 196 valence electrons. The number of thiazole rings is 1. The highest BCUT2D eigenvalue weighted by atomic mass is 32.2. The normalized spacial score (nSPS) is 20.2. The predicted molar refractivity (Wildman–Crippen MR) is 137 cm³/mol. The monoisotopic (exact) mass is 566 g/mol. The minimum atomic E-state index is -1.24. The number of aliphatic hydroxyl groups excluding tert-OH is 1. The average Bonchev–Trinajstić information content (AvgIpc) is 3.29. The Kier molecular flexibility index (Phi) is 8.21. The molecule has 37 heavy (non-hydrogen) atoms. The number of oxime groups is 1. The molecule has 0 aromatic carbocycles. The molecule has 13 nitrogen and oxygen atoms in total. The lowest BCUT2D eigenvalue weighted by Crippen LogP contribution is -2.71. The number of carbonyl (C=O) groups is 3. The molecule has 1 saturated heterocycles. The Bertz CT molecular complexity index is 1260. The molecule has 2 aromatic rings. The van der Waals surface area contributed by atoms with Gasteiger partial charge in [0.1, 0.15) is 29.4 Å². The van der Waals surface area contributed by atoms with E-state index in [9.17, 15) is 29.8 Å². The Morgan fingerprint density at radius 3 is 2.81 bits per heavy atom. The Morgan fingerprint density at radius 2 is 2.19 bits per heavy atom. The Morgan fingerprint density at radius 1 is 1.46 bits per heavy atom. The Balaban J connectivity index is 1.48. The molecule has 1 fully saturated rings. The van der Waals surface area contributed by atoms with Crippen LogP contribution < -0.4 is 15.8 Å². The summed E-state index contributed by atoms with van der Waals surface area (Å²) < 4.78 is 0.652. The van der Waals surface area contributed by atoms with Crippen molar-refractivity contribution < 1.29 is 34.2 Å². The molecule has 0 radical (unpaired) electrons. The second-order valence-corrected chi connectivity index (χ2v) is 11.0. The average molecular weight is 567 g/mol. The molecule has 2 aromatic heterocycles. The van der Waals surface area contributed by atoms with E-state index in [4.69, 9.17) is 10.6 Å². The second kappa shape index (κ2) is 11.4. The highest BCUT2D eigenvalue weighted by molar-refractivity contribution is 8.01. The van der Waals surface area contributed by atoms with Crippen molar-refractivity contribution in [2.45, 2.75) is 29.3 Å². The van der Waals surface area contributed by atoms with Crippen molar-refractivity contribution in [3.63, 3.8) is 0 Å². The van der Waals surface area contributed by atoms with Crippen LogP contribution in [-0.2, 0) is 19.2 Å². The number of thioether (sulfide) groups is 2. The first-order valence-electron chi connectivity index (χ1n) is 10.8. The molecule has 2 aliphatic heterocycles. The summed E-state index contributed by atoms with van der Waals surface area (Å²) >= 11 is 3.77. The number of aliphatic hydroxyl groups is 1. The van der Waals surface area contributed by atoms with Gasteiger partial charge in [-0.05, 0) is 12.5 Å². The number of hydrogen-bond donors (Lipinski definition) is 4. The number of fused-ring (bicyclic) bond motifs is 1. The van der Waals surface area contributed by atoms with E-state index in [1.165, 1.54) is 53.1 Å². The van der Waals surface area contributed by atoms with Gasteiger partial charge in [-0.3, -0.25) is 14.5 Å². The third-order valence-electron chi connectivity index (χ3n) is 5.17. The highest BCUT2D eigenvalue weighted by Gasteiger charge is 2.54. The molecule has 4 heterocycles. The van der Waals surface area contributed by atoms with Crippen LogP contribution in [0, 0.1) is 5.21 Å². The fourth-order valence-corrected chi connectivity index (χ4v) is 6.40. The molecule has 0 saturated carbocycles. The van der Waals surface area contributed by atoms with Gasteiger partial charge in [0.25, 0.3) is 11.8 Å². The van der Waals surface area contributed by atoms with Crippen molar-refractivity contribution in [2.24, 2.45) is 5.16 Å². The van der Waals surface area contributed by atoms with E-state index in [0.29, 0.717) is 21.8 Å². The smallest absolute Gasteiger partial charge is 0.352 e.